The molecule has 2 amide bonds. The number of fused-ring (bicyclic) bond motifs is 1. The minimum atomic E-state index is -0.895. The highest BCUT2D eigenvalue weighted by Crippen LogP contribution is 2.45. The van der Waals surface area contributed by atoms with Crippen LogP contribution in [-0.2, 0) is 21.4 Å². The first-order chi connectivity index (χ1) is 22.1. The van der Waals surface area contributed by atoms with Crippen LogP contribution >= 0.6 is 0 Å². The molecule has 3 N–H and O–H groups in total. The molecule has 0 unspecified atom stereocenters. The Morgan fingerprint density at radius 3 is 2.43 bits per heavy atom. The number of benzene rings is 3. The Balaban J connectivity index is 1.23. The van der Waals surface area contributed by atoms with E-state index >= 15 is 4.39 Å². The van der Waals surface area contributed by atoms with Crippen LogP contribution in [0.2, 0.25) is 0 Å². The molecule has 3 aromatic carbocycles. The molecule has 1 saturated heterocycles. The lowest BCUT2D eigenvalue weighted by Gasteiger charge is -2.24. The Labute approximate surface area is 268 Å². The summed E-state index contributed by atoms with van der Waals surface area (Å²) in [7, 11) is 1.50. The number of halogens is 1. The van der Waals surface area contributed by atoms with E-state index in [9.17, 15) is 9.59 Å². The highest BCUT2D eigenvalue weighted by molar-refractivity contribution is 6.39. The lowest BCUT2D eigenvalue weighted by Crippen LogP contribution is -2.36. The number of nitrogens with zero attached hydrogens (tertiary/aromatic N) is 1. The molecule has 10 heteroatoms. The molecule has 5 rings (SSSR count). The van der Waals surface area contributed by atoms with Crippen molar-refractivity contribution >= 4 is 28.4 Å². The van der Waals surface area contributed by atoms with Gasteiger partial charge in [0.05, 0.1) is 19.2 Å². The number of ether oxygens (including phenoxy) is 3. The summed E-state index contributed by atoms with van der Waals surface area (Å²) in [5, 5.41) is 9.03. The largest absolute Gasteiger partial charge is 0.490 e. The highest BCUT2D eigenvalue weighted by atomic mass is 19.1. The van der Waals surface area contributed by atoms with Crippen molar-refractivity contribution in [3.05, 3.63) is 83.8 Å². The van der Waals surface area contributed by atoms with Gasteiger partial charge in [0.1, 0.15) is 0 Å². The number of amides is 2. The van der Waals surface area contributed by atoms with Crippen molar-refractivity contribution in [2.24, 2.45) is 5.92 Å². The Morgan fingerprint density at radius 1 is 0.978 bits per heavy atom. The van der Waals surface area contributed by atoms with Crippen LogP contribution in [0.15, 0.2) is 66.9 Å². The standard InChI is InChI=1S/C36H41FN4O5/c1-36(2,3)25-9-7-23(8-10-25)15-19-40-34(42)35(43)41-26-11-12-30(28(37)20-26)46-32-27-6-5-16-39-29(27)21-31(33(32)44-4)45-22-24-13-17-38-18-14-24/h5-12,16,20-21,24,38H,13-15,17-19,22H2,1-4H3,(H,40,42)(H,41,43). The van der Waals surface area contributed by atoms with Crippen molar-refractivity contribution in [1.29, 1.82) is 0 Å². The fourth-order valence-corrected chi connectivity index (χ4v) is 5.34. The zero-order valence-corrected chi connectivity index (χ0v) is 26.7. The molecule has 2 heterocycles. The number of piperidine rings is 1. The topological polar surface area (TPSA) is 111 Å². The molecule has 0 atom stereocenters. The molecule has 1 fully saturated rings. The molecule has 9 nitrogen and oxygen atoms in total. The second-order valence-electron chi connectivity index (χ2n) is 12.5. The zero-order valence-electron chi connectivity index (χ0n) is 26.7. The predicted molar refractivity (Wildman–Crippen MR) is 176 cm³/mol. The number of nitrogens with one attached hydrogen (secondary N) is 3. The SMILES string of the molecule is COc1c(OCC2CCNCC2)cc2ncccc2c1Oc1ccc(NC(=O)C(=O)NCCc2ccc(C(C)(C)C)cc2)cc1F. The number of pyridine rings is 1. The molecule has 1 aliphatic heterocycles. The van der Waals surface area contributed by atoms with Crippen molar-refractivity contribution in [3.8, 4) is 23.0 Å². The van der Waals surface area contributed by atoms with Gasteiger partial charge in [-0.2, -0.15) is 0 Å². The Hall–Kier alpha value is -4.70. The maximum absolute atomic E-state index is 15.3. The quantitative estimate of drug-likeness (QED) is 0.181. The van der Waals surface area contributed by atoms with Gasteiger partial charge in [-0.05, 0) is 79.1 Å². The van der Waals surface area contributed by atoms with E-state index in [2.05, 4.69) is 53.8 Å². The van der Waals surface area contributed by atoms with Gasteiger partial charge in [-0.15, -0.1) is 0 Å². The first-order valence-electron chi connectivity index (χ1n) is 15.6. The van der Waals surface area contributed by atoms with Gasteiger partial charge in [-0.1, -0.05) is 45.0 Å². The van der Waals surface area contributed by atoms with Crippen LogP contribution in [0, 0.1) is 11.7 Å². The summed E-state index contributed by atoms with van der Waals surface area (Å²) in [6.45, 7) is 9.14. The number of anilines is 1. The number of carbonyl (C=O) groups is 2. The van der Waals surface area contributed by atoms with Crippen LogP contribution in [0.1, 0.15) is 44.7 Å². The van der Waals surface area contributed by atoms with E-state index in [0.29, 0.717) is 41.3 Å². The number of methoxy groups -OCH3 is 1. The molecule has 0 aliphatic carbocycles. The molecule has 0 radical (unpaired) electrons. The summed E-state index contributed by atoms with van der Waals surface area (Å²) in [6, 6.07) is 17.5. The molecule has 242 valence electrons. The summed E-state index contributed by atoms with van der Waals surface area (Å²) >= 11 is 0. The number of aromatic nitrogens is 1. The summed E-state index contributed by atoms with van der Waals surface area (Å²) in [4.78, 5) is 29.4. The number of hydrogen-bond acceptors (Lipinski definition) is 7. The van der Waals surface area contributed by atoms with Gasteiger partial charge < -0.3 is 30.2 Å². The van der Waals surface area contributed by atoms with E-state index in [0.717, 1.165) is 37.6 Å². The lowest BCUT2D eigenvalue weighted by atomic mass is 9.86. The van der Waals surface area contributed by atoms with Crippen LogP contribution in [0.3, 0.4) is 0 Å². The predicted octanol–water partition coefficient (Wildman–Crippen LogP) is 6.15. The van der Waals surface area contributed by atoms with Crippen molar-refractivity contribution in [3.63, 3.8) is 0 Å². The van der Waals surface area contributed by atoms with Gasteiger partial charge in [-0.3, -0.25) is 14.6 Å². The Bertz CT molecular complexity index is 1680. The van der Waals surface area contributed by atoms with Crippen LogP contribution in [0.25, 0.3) is 10.9 Å². The van der Waals surface area contributed by atoms with Gasteiger partial charge in [-0.25, -0.2) is 4.39 Å². The molecule has 4 aromatic rings. The summed E-state index contributed by atoms with van der Waals surface area (Å²) in [5.74, 6) is -1.09. The van der Waals surface area contributed by atoms with E-state index in [4.69, 9.17) is 14.2 Å². The third-order valence-corrected chi connectivity index (χ3v) is 8.05. The van der Waals surface area contributed by atoms with E-state index < -0.39 is 17.6 Å². The maximum atomic E-state index is 15.3. The van der Waals surface area contributed by atoms with Crippen molar-refractivity contribution in [1.82, 2.24) is 15.6 Å². The molecular formula is C36H41FN4O5. The minimum absolute atomic E-state index is 0.0551. The van der Waals surface area contributed by atoms with Crippen LogP contribution in [0.5, 0.6) is 23.0 Å². The average Bonchev–Trinajstić information content (AvgIpc) is 3.05. The third-order valence-electron chi connectivity index (χ3n) is 8.05. The smallest absolute Gasteiger partial charge is 0.313 e. The third kappa shape index (κ3) is 8.11. The first kappa shape index (κ1) is 32.7. The average molecular weight is 629 g/mol. The Morgan fingerprint density at radius 2 is 1.74 bits per heavy atom. The monoisotopic (exact) mass is 628 g/mol. The van der Waals surface area contributed by atoms with E-state index in [1.807, 2.05) is 18.2 Å². The number of hydrogen-bond donors (Lipinski definition) is 3. The molecule has 0 saturated carbocycles. The van der Waals surface area contributed by atoms with Crippen molar-refractivity contribution in [2.75, 3.05) is 38.7 Å². The minimum Gasteiger partial charge on any atom is -0.490 e. The summed E-state index contributed by atoms with van der Waals surface area (Å²) in [5.41, 5.74) is 3.04. The molecule has 1 aliphatic rings. The zero-order chi connectivity index (χ0) is 32.7. The molecule has 0 spiro atoms. The summed E-state index contributed by atoms with van der Waals surface area (Å²) < 4.78 is 33.3. The van der Waals surface area contributed by atoms with Crippen LogP contribution in [0.4, 0.5) is 10.1 Å². The van der Waals surface area contributed by atoms with Crippen LogP contribution in [-0.4, -0.2) is 50.1 Å². The lowest BCUT2D eigenvalue weighted by molar-refractivity contribution is -0.136. The van der Waals surface area contributed by atoms with Crippen molar-refractivity contribution in [2.45, 2.75) is 45.4 Å². The molecule has 0 bridgehead atoms. The maximum Gasteiger partial charge on any atom is 0.313 e. The second-order valence-corrected chi connectivity index (χ2v) is 12.5. The second kappa shape index (κ2) is 14.6. The summed E-state index contributed by atoms with van der Waals surface area (Å²) in [6.07, 6.45) is 4.26. The fraction of sp³-hybridized carbons (Fsp3) is 0.361. The van der Waals surface area contributed by atoms with Crippen LogP contribution < -0.4 is 30.2 Å². The number of rotatable bonds is 10. The normalized spacial score (nSPS) is 13.7. The van der Waals surface area contributed by atoms with Gasteiger partial charge >= 0.3 is 11.8 Å². The van der Waals surface area contributed by atoms with Crippen molar-refractivity contribution < 1.29 is 28.2 Å². The van der Waals surface area contributed by atoms with Gasteiger partial charge in [0.25, 0.3) is 0 Å². The van der Waals surface area contributed by atoms with Gasteiger partial charge in [0, 0.05) is 35.9 Å². The van der Waals surface area contributed by atoms with E-state index in [-0.39, 0.29) is 29.1 Å². The first-order valence-corrected chi connectivity index (χ1v) is 15.6. The highest BCUT2D eigenvalue weighted by Gasteiger charge is 2.22. The molecular weight excluding hydrogens is 587 g/mol. The van der Waals surface area contributed by atoms with Gasteiger partial charge in [0.15, 0.2) is 23.1 Å². The van der Waals surface area contributed by atoms with E-state index in [1.54, 1.807) is 18.3 Å². The van der Waals surface area contributed by atoms with E-state index in [1.165, 1.54) is 24.8 Å². The Kier molecular flexibility index (Phi) is 10.4. The molecule has 1 aromatic heterocycles. The molecule has 46 heavy (non-hydrogen) atoms. The fourth-order valence-electron chi connectivity index (χ4n) is 5.34. The number of carbonyl (C=O) groups excluding carboxylic acids is 2. The van der Waals surface area contributed by atoms with Gasteiger partial charge in [0.2, 0.25) is 5.75 Å².